The van der Waals surface area contributed by atoms with Crippen LogP contribution in [0.2, 0.25) is 0 Å². The molecule has 0 saturated heterocycles. The predicted octanol–water partition coefficient (Wildman–Crippen LogP) is 4.02. The zero-order valence-electron chi connectivity index (χ0n) is 10.1. The Morgan fingerprint density at radius 1 is 1.11 bits per heavy atom. The van der Waals surface area contributed by atoms with Gasteiger partial charge in [-0.15, -0.1) is 0 Å². The normalized spacial score (nSPS) is 11.7. The molecular formula is C12H14BrF3O2. The molecule has 102 valence electrons. The molecule has 0 bridgehead atoms. The van der Waals surface area contributed by atoms with Gasteiger partial charge in [-0.1, -0.05) is 15.9 Å². The van der Waals surface area contributed by atoms with Crippen LogP contribution in [0, 0.1) is 13.8 Å². The van der Waals surface area contributed by atoms with E-state index in [0.717, 1.165) is 15.6 Å². The number of alkyl halides is 3. The highest BCUT2D eigenvalue weighted by Crippen LogP contribution is 2.26. The number of halogens is 4. The van der Waals surface area contributed by atoms with Gasteiger partial charge < -0.3 is 9.47 Å². The van der Waals surface area contributed by atoms with E-state index in [1.54, 1.807) is 0 Å². The number of rotatable bonds is 5. The summed E-state index contributed by atoms with van der Waals surface area (Å²) in [5.41, 5.74) is 2.03. The second-order valence-electron chi connectivity index (χ2n) is 3.89. The maximum Gasteiger partial charge on any atom is 0.411 e. The fraction of sp³-hybridized carbons (Fsp3) is 0.500. The van der Waals surface area contributed by atoms with Gasteiger partial charge in [-0.25, -0.2) is 0 Å². The van der Waals surface area contributed by atoms with Crippen LogP contribution in [-0.2, 0) is 4.74 Å². The monoisotopic (exact) mass is 326 g/mol. The zero-order chi connectivity index (χ0) is 13.8. The lowest BCUT2D eigenvalue weighted by Gasteiger charge is -2.11. The van der Waals surface area contributed by atoms with Crippen LogP contribution in [-0.4, -0.2) is 26.0 Å². The van der Waals surface area contributed by atoms with Crippen molar-refractivity contribution in [2.45, 2.75) is 20.0 Å². The Bertz CT molecular complexity index is 382. The van der Waals surface area contributed by atoms with Gasteiger partial charge in [0.25, 0.3) is 0 Å². The lowest BCUT2D eigenvalue weighted by atomic mass is 10.1. The van der Waals surface area contributed by atoms with E-state index in [4.69, 9.17) is 4.74 Å². The van der Waals surface area contributed by atoms with Crippen molar-refractivity contribution in [3.63, 3.8) is 0 Å². The summed E-state index contributed by atoms with van der Waals surface area (Å²) in [6.45, 7) is 2.60. The van der Waals surface area contributed by atoms with Crippen LogP contribution in [0.15, 0.2) is 16.6 Å². The Balaban J connectivity index is 2.36. The highest BCUT2D eigenvalue weighted by Gasteiger charge is 2.27. The number of hydrogen-bond acceptors (Lipinski definition) is 2. The Morgan fingerprint density at radius 3 is 2.17 bits per heavy atom. The summed E-state index contributed by atoms with van der Waals surface area (Å²) in [5, 5.41) is 0. The SMILES string of the molecule is Cc1cc(OCCOCC(F)(F)F)cc(C)c1Br. The summed E-state index contributed by atoms with van der Waals surface area (Å²) in [4.78, 5) is 0. The molecule has 0 heterocycles. The molecule has 1 aromatic carbocycles. The van der Waals surface area contributed by atoms with Crippen LogP contribution >= 0.6 is 15.9 Å². The molecular weight excluding hydrogens is 313 g/mol. The summed E-state index contributed by atoms with van der Waals surface area (Å²) in [7, 11) is 0. The molecule has 0 aliphatic rings. The highest BCUT2D eigenvalue weighted by atomic mass is 79.9. The summed E-state index contributed by atoms with van der Waals surface area (Å²) >= 11 is 3.42. The molecule has 0 unspecified atom stereocenters. The van der Waals surface area contributed by atoms with Crippen LogP contribution in [0.4, 0.5) is 13.2 Å². The highest BCUT2D eigenvalue weighted by molar-refractivity contribution is 9.10. The first-order valence-corrected chi connectivity index (χ1v) is 6.13. The van der Waals surface area contributed by atoms with Crippen molar-refractivity contribution >= 4 is 15.9 Å². The van der Waals surface area contributed by atoms with Gasteiger partial charge in [-0.05, 0) is 37.1 Å². The third kappa shape index (κ3) is 5.27. The standard InChI is InChI=1S/C12H14BrF3O2/c1-8-5-10(6-9(2)11(8)13)18-4-3-17-7-12(14,15)16/h5-6H,3-4,7H2,1-2H3. The quantitative estimate of drug-likeness (QED) is 0.761. The van der Waals surface area contributed by atoms with Gasteiger partial charge in [0.2, 0.25) is 0 Å². The van der Waals surface area contributed by atoms with Gasteiger partial charge in [-0.3, -0.25) is 0 Å². The number of ether oxygens (including phenoxy) is 2. The molecule has 0 N–H and O–H groups in total. The lowest BCUT2D eigenvalue weighted by molar-refractivity contribution is -0.175. The predicted molar refractivity (Wildman–Crippen MR) is 66.0 cm³/mol. The summed E-state index contributed by atoms with van der Waals surface area (Å²) in [5.74, 6) is 0.629. The van der Waals surface area contributed by atoms with Crippen molar-refractivity contribution in [1.29, 1.82) is 0 Å². The summed E-state index contributed by atoms with van der Waals surface area (Å²) in [6, 6.07) is 3.64. The van der Waals surface area contributed by atoms with E-state index < -0.39 is 12.8 Å². The molecule has 0 atom stereocenters. The van der Waals surface area contributed by atoms with Crippen molar-refractivity contribution in [2.75, 3.05) is 19.8 Å². The third-order valence-electron chi connectivity index (χ3n) is 2.17. The molecule has 0 fully saturated rings. The minimum Gasteiger partial charge on any atom is -0.491 e. The molecule has 0 aromatic heterocycles. The van der Waals surface area contributed by atoms with Crippen LogP contribution in [0.1, 0.15) is 11.1 Å². The average Bonchev–Trinajstić information content (AvgIpc) is 2.23. The minimum absolute atomic E-state index is 0.0896. The second-order valence-corrected chi connectivity index (χ2v) is 4.68. The first-order chi connectivity index (χ1) is 8.29. The van der Waals surface area contributed by atoms with Crippen molar-refractivity contribution in [1.82, 2.24) is 0 Å². The van der Waals surface area contributed by atoms with Gasteiger partial charge in [0.15, 0.2) is 0 Å². The molecule has 0 aliphatic carbocycles. The van der Waals surface area contributed by atoms with E-state index in [0.29, 0.717) is 5.75 Å². The number of hydrogen-bond donors (Lipinski definition) is 0. The molecule has 1 aromatic rings. The Hall–Kier alpha value is -0.750. The maximum atomic E-state index is 11.8. The lowest BCUT2D eigenvalue weighted by Crippen LogP contribution is -2.19. The van der Waals surface area contributed by atoms with E-state index in [9.17, 15) is 13.2 Å². The molecule has 2 nitrogen and oxygen atoms in total. The van der Waals surface area contributed by atoms with Crippen LogP contribution < -0.4 is 4.74 Å². The van der Waals surface area contributed by atoms with Crippen LogP contribution in [0.3, 0.4) is 0 Å². The van der Waals surface area contributed by atoms with Gasteiger partial charge in [0, 0.05) is 4.47 Å². The molecule has 0 amide bonds. The molecule has 0 aliphatic heterocycles. The maximum absolute atomic E-state index is 11.8. The van der Waals surface area contributed by atoms with E-state index in [1.807, 2.05) is 26.0 Å². The largest absolute Gasteiger partial charge is 0.491 e. The Morgan fingerprint density at radius 2 is 1.67 bits per heavy atom. The summed E-state index contributed by atoms with van der Waals surface area (Å²) < 4.78 is 46.1. The zero-order valence-corrected chi connectivity index (χ0v) is 11.7. The fourth-order valence-corrected chi connectivity index (χ4v) is 1.62. The van der Waals surface area contributed by atoms with E-state index in [-0.39, 0.29) is 13.2 Å². The first-order valence-electron chi connectivity index (χ1n) is 5.33. The van der Waals surface area contributed by atoms with E-state index in [1.165, 1.54) is 0 Å². The third-order valence-corrected chi connectivity index (χ3v) is 3.42. The second kappa shape index (κ2) is 6.43. The van der Waals surface area contributed by atoms with Crippen LogP contribution in [0.5, 0.6) is 5.75 Å². The summed E-state index contributed by atoms with van der Waals surface area (Å²) in [6.07, 6.45) is -4.29. The molecule has 0 radical (unpaired) electrons. The Labute approximate surface area is 112 Å². The molecule has 18 heavy (non-hydrogen) atoms. The van der Waals surface area contributed by atoms with Crippen molar-refractivity contribution in [2.24, 2.45) is 0 Å². The Kier molecular flexibility index (Phi) is 5.47. The number of benzene rings is 1. The topological polar surface area (TPSA) is 18.5 Å². The van der Waals surface area contributed by atoms with Gasteiger partial charge >= 0.3 is 6.18 Å². The molecule has 0 spiro atoms. The molecule has 1 rings (SSSR count). The first kappa shape index (κ1) is 15.3. The molecule has 0 saturated carbocycles. The average molecular weight is 327 g/mol. The van der Waals surface area contributed by atoms with Crippen molar-refractivity contribution in [3.8, 4) is 5.75 Å². The minimum atomic E-state index is -4.29. The molecule has 6 heteroatoms. The smallest absolute Gasteiger partial charge is 0.411 e. The van der Waals surface area contributed by atoms with E-state index >= 15 is 0 Å². The number of aryl methyl sites for hydroxylation is 2. The van der Waals surface area contributed by atoms with Gasteiger partial charge in [-0.2, -0.15) is 13.2 Å². The van der Waals surface area contributed by atoms with E-state index in [2.05, 4.69) is 20.7 Å². The fourth-order valence-electron chi connectivity index (χ4n) is 1.40. The van der Waals surface area contributed by atoms with Gasteiger partial charge in [0.1, 0.15) is 19.0 Å². The van der Waals surface area contributed by atoms with Crippen LogP contribution in [0.25, 0.3) is 0 Å². The van der Waals surface area contributed by atoms with Gasteiger partial charge in [0.05, 0.1) is 6.61 Å². The van der Waals surface area contributed by atoms with Crippen molar-refractivity contribution < 1.29 is 22.6 Å². The van der Waals surface area contributed by atoms with Crippen molar-refractivity contribution in [3.05, 3.63) is 27.7 Å².